The number of phenols is 1. The van der Waals surface area contributed by atoms with E-state index in [1.807, 2.05) is 0 Å². The molecule has 0 fully saturated rings. The Morgan fingerprint density at radius 3 is 2.67 bits per heavy atom. The molecule has 12 heavy (non-hydrogen) atoms. The lowest BCUT2D eigenvalue weighted by atomic mass is 10.1. The van der Waals surface area contributed by atoms with Crippen LogP contribution in [-0.4, -0.2) is 16.2 Å². The lowest BCUT2D eigenvalue weighted by molar-refractivity contribution is -0.136. The average Bonchev–Trinajstić information content (AvgIpc) is 1.96. The van der Waals surface area contributed by atoms with Crippen LogP contribution in [0.25, 0.3) is 0 Å². The van der Waals surface area contributed by atoms with Gasteiger partial charge in [-0.2, -0.15) is 0 Å². The van der Waals surface area contributed by atoms with Gasteiger partial charge in [-0.1, -0.05) is 6.07 Å². The van der Waals surface area contributed by atoms with E-state index in [0.29, 0.717) is 5.56 Å². The highest BCUT2D eigenvalue weighted by atomic mass is 19.1. The number of hydrogen-bond acceptors (Lipinski definition) is 2. The predicted molar refractivity (Wildman–Crippen MR) is 39.4 cm³/mol. The second-order valence-corrected chi connectivity index (χ2v) is 2.36. The number of rotatable bonds is 2. The van der Waals surface area contributed by atoms with Crippen LogP contribution in [0.4, 0.5) is 4.39 Å². The second kappa shape index (κ2) is 3.21. The van der Waals surface area contributed by atoms with Gasteiger partial charge < -0.3 is 10.2 Å². The fourth-order valence-electron chi connectivity index (χ4n) is 0.843. The quantitative estimate of drug-likeness (QED) is 0.700. The van der Waals surface area contributed by atoms with Crippen LogP contribution in [0.1, 0.15) is 5.56 Å². The molecule has 0 bridgehead atoms. The number of phenolic OH excluding ortho intramolecular Hbond substituents is 1. The van der Waals surface area contributed by atoms with E-state index in [-0.39, 0.29) is 6.42 Å². The van der Waals surface area contributed by atoms with Gasteiger partial charge in [0.25, 0.3) is 0 Å². The molecule has 3 nitrogen and oxygen atoms in total. The number of aliphatic carboxylic acids is 1. The predicted octanol–water partition coefficient (Wildman–Crippen LogP) is 1.16. The summed E-state index contributed by atoms with van der Waals surface area (Å²) < 4.78 is 12.4. The van der Waals surface area contributed by atoms with Crippen molar-refractivity contribution in [1.29, 1.82) is 0 Å². The summed E-state index contributed by atoms with van der Waals surface area (Å²) in [7, 11) is 0. The van der Waals surface area contributed by atoms with Gasteiger partial charge in [-0.15, -0.1) is 0 Å². The second-order valence-electron chi connectivity index (χ2n) is 2.36. The minimum absolute atomic E-state index is 0.214. The van der Waals surface area contributed by atoms with Crippen LogP contribution in [0, 0.1) is 5.82 Å². The highest BCUT2D eigenvalue weighted by Gasteiger charge is 2.04. The molecule has 4 heteroatoms. The fourth-order valence-corrected chi connectivity index (χ4v) is 0.843. The molecule has 0 spiro atoms. The number of carbonyl (C=O) groups is 1. The molecule has 0 aliphatic carbocycles. The number of carboxylic acids is 1. The van der Waals surface area contributed by atoms with Gasteiger partial charge in [0.15, 0.2) is 11.6 Å². The maximum absolute atomic E-state index is 12.4. The standard InChI is InChI=1S/C8H7FO3/c9-6-2-1-5(3-7(6)10)4-8(11)12/h1-3,10H,4H2,(H,11,12). The molecule has 0 amide bonds. The molecule has 1 aromatic rings. The Morgan fingerprint density at radius 1 is 1.50 bits per heavy atom. The van der Waals surface area contributed by atoms with Gasteiger partial charge in [0.05, 0.1) is 6.42 Å². The van der Waals surface area contributed by atoms with E-state index in [0.717, 1.165) is 12.1 Å². The Balaban J connectivity index is 2.89. The summed E-state index contributed by atoms with van der Waals surface area (Å²) in [5.41, 5.74) is 0.376. The van der Waals surface area contributed by atoms with E-state index >= 15 is 0 Å². The topological polar surface area (TPSA) is 57.5 Å². The van der Waals surface area contributed by atoms with Crippen LogP contribution in [0.3, 0.4) is 0 Å². The van der Waals surface area contributed by atoms with Crippen LogP contribution < -0.4 is 0 Å². The van der Waals surface area contributed by atoms with E-state index in [2.05, 4.69) is 0 Å². The van der Waals surface area contributed by atoms with Crippen LogP contribution >= 0.6 is 0 Å². The van der Waals surface area contributed by atoms with Gasteiger partial charge >= 0.3 is 5.97 Å². The highest BCUT2D eigenvalue weighted by molar-refractivity contribution is 5.70. The van der Waals surface area contributed by atoms with E-state index in [1.54, 1.807) is 0 Å². The third-order valence-electron chi connectivity index (χ3n) is 1.37. The van der Waals surface area contributed by atoms with Gasteiger partial charge in [-0.25, -0.2) is 4.39 Å². The zero-order chi connectivity index (χ0) is 9.14. The maximum Gasteiger partial charge on any atom is 0.307 e. The van der Waals surface area contributed by atoms with E-state index < -0.39 is 17.5 Å². The molecule has 0 aliphatic rings. The van der Waals surface area contributed by atoms with E-state index in [4.69, 9.17) is 10.2 Å². The average molecular weight is 170 g/mol. The van der Waals surface area contributed by atoms with Crippen LogP contribution in [0.5, 0.6) is 5.75 Å². The largest absolute Gasteiger partial charge is 0.505 e. The summed E-state index contributed by atoms with van der Waals surface area (Å²) in [5, 5.41) is 17.2. The maximum atomic E-state index is 12.4. The number of benzene rings is 1. The molecule has 0 aliphatic heterocycles. The molecule has 0 saturated carbocycles. The van der Waals surface area contributed by atoms with Crippen molar-refractivity contribution in [2.45, 2.75) is 6.42 Å². The van der Waals surface area contributed by atoms with Crippen molar-refractivity contribution in [3.63, 3.8) is 0 Å². The lowest BCUT2D eigenvalue weighted by Gasteiger charge is -1.98. The van der Waals surface area contributed by atoms with Gasteiger partial charge in [-0.05, 0) is 17.7 Å². The Bertz CT molecular complexity index is 309. The van der Waals surface area contributed by atoms with Crippen molar-refractivity contribution in [3.8, 4) is 5.75 Å². The monoisotopic (exact) mass is 170 g/mol. The Hall–Kier alpha value is -1.58. The smallest absolute Gasteiger partial charge is 0.307 e. The number of aromatic hydroxyl groups is 1. The number of halogens is 1. The fraction of sp³-hybridized carbons (Fsp3) is 0.125. The normalized spacial score (nSPS) is 9.75. The van der Waals surface area contributed by atoms with Crippen LogP contribution in [0.15, 0.2) is 18.2 Å². The molecular weight excluding hydrogens is 163 g/mol. The molecular formula is C8H7FO3. The summed E-state index contributed by atoms with van der Waals surface area (Å²) in [6.07, 6.45) is -0.214. The first kappa shape index (κ1) is 8.52. The van der Waals surface area contributed by atoms with Crippen molar-refractivity contribution < 1.29 is 19.4 Å². The molecule has 1 rings (SSSR count). The molecule has 0 saturated heterocycles. The first-order valence-corrected chi connectivity index (χ1v) is 3.29. The number of carboxylic acid groups (broad SMARTS) is 1. The molecule has 0 unspecified atom stereocenters. The van der Waals surface area contributed by atoms with Crippen molar-refractivity contribution in [2.75, 3.05) is 0 Å². The van der Waals surface area contributed by atoms with Gasteiger partial charge in [-0.3, -0.25) is 4.79 Å². The highest BCUT2D eigenvalue weighted by Crippen LogP contribution is 2.16. The first-order valence-electron chi connectivity index (χ1n) is 3.29. The summed E-state index contributed by atoms with van der Waals surface area (Å²) in [6.45, 7) is 0. The van der Waals surface area contributed by atoms with E-state index in [9.17, 15) is 9.18 Å². The molecule has 64 valence electrons. The molecule has 2 N–H and O–H groups in total. The molecule has 1 aromatic carbocycles. The van der Waals surface area contributed by atoms with Crippen LogP contribution in [0.2, 0.25) is 0 Å². The summed E-state index contributed by atoms with van der Waals surface area (Å²) in [5.74, 6) is -2.28. The Kier molecular flexibility index (Phi) is 2.28. The van der Waals surface area contributed by atoms with Crippen molar-refractivity contribution in [2.24, 2.45) is 0 Å². The summed E-state index contributed by atoms with van der Waals surface area (Å²) >= 11 is 0. The zero-order valence-corrected chi connectivity index (χ0v) is 6.12. The molecule has 0 atom stereocenters. The molecule has 0 radical (unpaired) electrons. The Morgan fingerprint density at radius 2 is 2.17 bits per heavy atom. The minimum Gasteiger partial charge on any atom is -0.505 e. The van der Waals surface area contributed by atoms with E-state index in [1.165, 1.54) is 6.07 Å². The van der Waals surface area contributed by atoms with Gasteiger partial charge in [0.1, 0.15) is 0 Å². The van der Waals surface area contributed by atoms with Gasteiger partial charge in [0.2, 0.25) is 0 Å². The van der Waals surface area contributed by atoms with Gasteiger partial charge in [0, 0.05) is 0 Å². The van der Waals surface area contributed by atoms with Crippen molar-refractivity contribution in [1.82, 2.24) is 0 Å². The molecule has 0 aromatic heterocycles. The third-order valence-corrected chi connectivity index (χ3v) is 1.37. The first-order chi connectivity index (χ1) is 5.59. The zero-order valence-electron chi connectivity index (χ0n) is 6.12. The number of hydrogen-bond donors (Lipinski definition) is 2. The lowest BCUT2D eigenvalue weighted by Crippen LogP contribution is -1.99. The SMILES string of the molecule is O=C(O)Cc1ccc(F)c(O)c1. The molecule has 0 heterocycles. The van der Waals surface area contributed by atoms with Crippen LogP contribution in [-0.2, 0) is 11.2 Å². The van der Waals surface area contributed by atoms with Crippen molar-refractivity contribution in [3.05, 3.63) is 29.6 Å². The Labute approximate surface area is 68.1 Å². The third kappa shape index (κ3) is 1.95. The summed E-state index contributed by atoms with van der Waals surface area (Å²) in [6, 6.07) is 3.46. The van der Waals surface area contributed by atoms with Crippen molar-refractivity contribution >= 4 is 5.97 Å². The minimum atomic E-state index is -1.01. The summed E-state index contributed by atoms with van der Waals surface area (Å²) in [4.78, 5) is 10.2.